The van der Waals surface area contributed by atoms with Crippen LogP contribution in [-0.4, -0.2) is 22.4 Å². The molecule has 1 aromatic heterocycles. The normalized spacial score (nSPS) is 13.7. The highest BCUT2D eigenvalue weighted by atomic mass is 16.6. The molecule has 0 spiro atoms. The molecule has 200 valence electrons. The molecular weight excluding hydrogens is 512 g/mol. The monoisotopic (exact) mass is 536 g/mol. The van der Waals surface area contributed by atoms with E-state index in [4.69, 9.17) is 4.42 Å². The summed E-state index contributed by atoms with van der Waals surface area (Å²) < 4.78 is 5.94. The summed E-state index contributed by atoms with van der Waals surface area (Å²) in [6, 6.07) is 21.6. The van der Waals surface area contributed by atoms with Crippen molar-refractivity contribution < 1.29 is 18.9 Å². The van der Waals surface area contributed by atoms with Crippen LogP contribution in [0.25, 0.3) is 0 Å². The van der Waals surface area contributed by atoms with Crippen molar-refractivity contribution in [2.75, 3.05) is 5.32 Å². The maximum Gasteiger partial charge on any atom is 0.291 e. The van der Waals surface area contributed by atoms with Crippen molar-refractivity contribution in [3.63, 3.8) is 0 Å². The number of benzene rings is 3. The van der Waals surface area contributed by atoms with E-state index in [0.717, 1.165) is 12.1 Å². The van der Waals surface area contributed by atoms with Crippen molar-refractivity contribution in [3.05, 3.63) is 117 Å². The zero-order chi connectivity index (χ0) is 28.1. The summed E-state index contributed by atoms with van der Waals surface area (Å²) in [6.45, 7) is 1.78. The van der Waals surface area contributed by atoms with Crippen LogP contribution < -0.4 is 10.7 Å². The minimum Gasteiger partial charge on any atom is -0.455 e. The first-order chi connectivity index (χ1) is 19.4. The van der Waals surface area contributed by atoms with E-state index in [0.29, 0.717) is 46.8 Å². The van der Waals surface area contributed by atoms with Gasteiger partial charge in [0.15, 0.2) is 5.76 Å². The molecule has 3 aromatic carbocycles. The number of rotatable bonds is 7. The van der Waals surface area contributed by atoms with Crippen LogP contribution in [0.5, 0.6) is 0 Å². The van der Waals surface area contributed by atoms with Crippen molar-refractivity contribution in [3.8, 4) is 0 Å². The number of hydrogen-bond donors (Lipinski definition) is 2. The number of nitrogens with zero attached hydrogens (tertiary/aromatic N) is 4. The Labute approximate surface area is 228 Å². The fourth-order valence-corrected chi connectivity index (χ4v) is 4.32. The number of non-ortho nitro benzene ring substituents is 1. The van der Waals surface area contributed by atoms with Crippen molar-refractivity contribution in [1.82, 2.24) is 5.43 Å². The van der Waals surface area contributed by atoms with Gasteiger partial charge in [0.2, 0.25) is 0 Å². The molecule has 0 atom stereocenters. The summed E-state index contributed by atoms with van der Waals surface area (Å²) in [5.41, 5.74) is 6.53. The third kappa shape index (κ3) is 5.83. The number of hydrazone groups is 1. The molecule has 4 aromatic rings. The number of carbonyl (C=O) groups excluding carboxylic acids is 2. The fraction of sp³-hybridized carbons (Fsp3) is 0.138. The van der Waals surface area contributed by atoms with Gasteiger partial charge >= 0.3 is 0 Å². The van der Waals surface area contributed by atoms with Crippen LogP contribution in [0.15, 0.2) is 98.6 Å². The second-order valence-corrected chi connectivity index (χ2v) is 9.05. The van der Waals surface area contributed by atoms with Gasteiger partial charge in [0, 0.05) is 40.9 Å². The van der Waals surface area contributed by atoms with Gasteiger partial charge in [-0.3, -0.25) is 19.7 Å². The first kappa shape index (κ1) is 26.2. The molecule has 1 aliphatic rings. The highest BCUT2D eigenvalue weighted by Crippen LogP contribution is 2.30. The van der Waals surface area contributed by atoms with Gasteiger partial charge < -0.3 is 9.73 Å². The lowest BCUT2D eigenvalue weighted by Crippen LogP contribution is -2.22. The zero-order valence-corrected chi connectivity index (χ0v) is 21.5. The number of azo groups is 1. The summed E-state index contributed by atoms with van der Waals surface area (Å²) in [7, 11) is 0. The van der Waals surface area contributed by atoms with Gasteiger partial charge in [-0.25, -0.2) is 5.43 Å². The second-order valence-electron chi connectivity index (χ2n) is 9.05. The first-order valence-corrected chi connectivity index (χ1v) is 12.5. The molecule has 0 aliphatic heterocycles. The molecule has 11 nitrogen and oxygen atoms in total. The minimum absolute atomic E-state index is 0.107. The first-order valence-electron chi connectivity index (χ1n) is 12.5. The molecule has 11 heteroatoms. The fourth-order valence-electron chi connectivity index (χ4n) is 4.32. The predicted molar refractivity (Wildman–Crippen MR) is 148 cm³/mol. The Morgan fingerprint density at radius 2 is 1.55 bits per heavy atom. The third-order valence-corrected chi connectivity index (χ3v) is 6.33. The number of hydrogen-bond acceptors (Lipinski definition) is 8. The Morgan fingerprint density at radius 1 is 0.875 bits per heavy atom. The van der Waals surface area contributed by atoms with Crippen LogP contribution in [0.2, 0.25) is 0 Å². The summed E-state index contributed by atoms with van der Waals surface area (Å²) in [5, 5.41) is 26.4. The Hall–Kier alpha value is -5.45. The van der Waals surface area contributed by atoms with Gasteiger partial charge in [-0.05, 0) is 68.3 Å². The lowest BCUT2D eigenvalue weighted by molar-refractivity contribution is -0.384. The van der Waals surface area contributed by atoms with Crippen LogP contribution in [0.1, 0.15) is 50.6 Å². The molecule has 0 radical (unpaired) electrons. The topological polar surface area (TPSA) is 152 Å². The van der Waals surface area contributed by atoms with E-state index >= 15 is 0 Å². The summed E-state index contributed by atoms with van der Waals surface area (Å²) in [6.07, 6.45) is 1.97. The Balaban J connectivity index is 1.27. The number of carbonyl (C=O) groups is 2. The van der Waals surface area contributed by atoms with E-state index in [9.17, 15) is 19.7 Å². The quantitative estimate of drug-likeness (QED) is 0.154. The number of amides is 2. The number of furan rings is 1. The van der Waals surface area contributed by atoms with Crippen LogP contribution in [0.3, 0.4) is 0 Å². The van der Waals surface area contributed by atoms with Crippen molar-refractivity contribution in [1.29, 1.82) is 0 Å². The van der Waals surface area contributed by atoms with Crippen LogP contribution in [0, 0.1) is 17.0 Å². The highest BCUT2D eigenvalue weighted by molar-refractivity contribution is 6.09. The Bertz CT molecular complexity index is 1620. The van der Waals surface area contributed by atoms with Gasteiger partial charge in [-0.2, -0.15) is 15.3 Å². The average molecular weight is 537 g/mol. The van der Waals surface area contributed by atoms with Crippen LogP contribution in [-0.2, 0) is 6.42 Å². The number of nitrogens with one attached hydrogen (secondary N) is 2. The summed E-state index contributed by atoms with van der Waals surface area (Å²) in [4.78, 5) is 35.9. The SMILES string of the molecule is Cc1c(C(=O)Nc2ccc(N=Nc3ccccc3)cc2)oc2c1C(=NNC(=O)c1ccc([N+](=O)[O-])cc1)CCC2. The number of nitro benzene ring substituents is 1. The molecule has 1 aliphatic carbocycles. The molecule has 0 bridgehead atoms. The number of aryl methyl sites for hydroxylation is 1. The number of anilines is 1. The van der Waals surface area contributed by atoms with Gasteiger partial charge in [0.1, 0.15) is 5.76 Å². The molecule has 2 N–H and O–H groups in total. The maximum absolute atomic E-state index is 13.1. The van der Waals surface area contributed by atoms with Crippen molar-refractivity contribution in [2.45, 2.75) is 26.2 Å². The van der Waals surface area contributed by atoms with E-state index in [1.54, 1.807) is 31.2 Å². The molecule has 0 unspecified atom stereocenters. The predicted octanol–water partition coefficient (Wildman–Crippen LogP) is 6.63. The van der Waals surface area contributed by atoms with E-state index < -0.39 is 16.7 Å². The molecule has 0 saturated heterocycles. The van der Waals surface area contributed by atoms with Gasteiger partial charge in [-0.1, -0.05) is 18.2 Å². The van der Waals surface area contributed by atoms with Crippen molar-refractivity contribution >= 4 is 40.3 Å². The maximum atomic E-state index is 13.1. The smallest absolute Gasteiger partial charge is 0.291 e. The lowest BCUT2D eigenvalue weighted by atomic mass is 9.93. The largest absolute Gasteiger partial charge is 0.455 e. The van der Waals surface area contributed by atoms with Gasteiger partial charge in [-0.15, -0.1) is 0 Å². The molecular formula is C29H24N6O5. The van der Waals surface area contributed by atoms with E-state index in [1.165, 1.54) is 24.3 Å². The molecule has 2 amide bonds. The molecule has 0 saturated carbocycles. The van der Waals surface area contributed by atoms with E-state index in [-0.39, 0.29) is 17.0 Å². The minimum atomic E-state index is -0.533. The molecule has 40 heavy (non-hydrogen) atoms. The van der Waals surface area contributed by atoms with Gasteiger partial charge in [0.25, 0.3) is 17.5 Å². The molecule has 0 fully saturated rings. The van der Waals surface area contributed by atoms with Crippen LogP contribution >= 0.6 is 0 Å². The van der Waals surface area contributed by atoms with Crippen LogP contribution in [0.4, 0.5) is 22.7 Å². The standard InChI is InChI=1S/C29H24N6O5/c1-18-26-24(33-34-28(36)19-10-16-23(17-11-19)35(38)39)8-5-9-25(26)40-27(18)29(37)30-20-12-14-22(15-13-20)32-31-21-6-3-2-4-7-21/h2-4,6-7,10-17H,5,8-9H2,1H3,(H,30,37)(H,34,36). The summed E-state index contributed by atoms with van der Waals surface area (Å²) >= 11 is 0. The molecule has 5 rings (SSSR count). The lowest BCUT2D eigenvalue weighted by Gasteiger charge is -2.13. The zero-order valence-electron chi connectivity index (χ0n) is 21.5. The number of nitro groups is 1. The third-order valence-electron chi connectivity index (χ3n) is 6.33. The Kier molecular flexibility index (Phi) is 7.54. The van der Waals surface area contributed by atoms with E-state index in [2.05, 4.69) is 26.1 Å². The second kappa shape index (κ2) is 11.5. The van der Waals surface area contributed by atoms with Crippen molar-refractivity contribution in [2.24, 2.45) is 15.3 Å². The Morgan fingerprint density at radius 3 is 2.23 bits per heavy atom. The average Bonchev–Trinajstić information content (AvgIpc) is 3.33. The summed E-state index contributed by atoms with van der Waals surface area (Å²) in [5.74, 6) is -0.0942. The highest BCUT2D eigenvalue weighted by Gasteiger charge is 2.28. The van der Waals surface area contributed by atoms with E-state index in [1.807, 2.05) is 30.3 Å². The van der Waals surface area contributed by atoms with Gasteiger partial charge in [0.05, 0.1) is 22.0 Å². The molecule has 1 heterocycles. The number of fused-ring (bicyclic) bond motifs is 1.